The van der Waals surface area contributed by atoms with Crippen LogP contribution in [-0.4, -0.2) is 25.1 Å². The van der Waals surface area contributed by atoms with E-state index in [2.05, 4.69) is 10.3 Å². The molecule has 1 amide bonds. The van der Waals surface area contributed by atoms with Crippen LogP contribution in [0, 0.1) is 0 Å². The number of benzene rings is 3. The SMILES string of the molecule is COc1ccc(NC(=O)c2csc(-c3ccc(OCc4ccc(Cl)cc4)cc3)n2)c(OC)c1. The van der Waals surface area contributed by atoms with Crippen molar-refractivity contribution >= 4 is 34.5 Å². The zero-order chi connectivity index (χ0) is 23.2. The standard InChI is InChI=1S/C25H21ClN2O4S/c1-30-20-11-12-21(23(13-20)31-2)27-24(29)22-15-33-25(28-22)17-5-9-19(10-6-17)32-14-16-3-7-18(26)8-4-16/h3-13,15H,14H2,1-2H3,(H,27,29). The number of ether oxygens (including phenoxy) is 3. The summed E-state index contributed by atoms with van der Waals surface area (Å²) in [6.07, 6.45) is 0. The quantitative estimate of drug-likeness (QED) is 0.320. The lowest BCUT2D eigenvalue weighted by Gasteiger charge is -2.10. The van der Waals surface area contributed by atoms with E-state index < -0.39 is 0 Å². The number of anilines is 1. The first kappa shape index (κ1) is 22.6. The number of rotatable bonds is 8. The van der Waals surface area contributed by atoms with E-state index in [1.54, 1.807) is 30.7 Å². The molecule has 0 saturated carbocycles. The average Bonchev–Trinajstić information content (AvgIpc) is 3.35. The second-order valence-electron chi connectivity index (χ2n) is 7.00. The Morgan fingerprint density at radius 2 is 1.70 bits per heavy atom. The fraction of sp³-hybridized carbons (Fsp3) is 0.120. The van der Waals surface area contributed by atoms with E-state index in [1.165, 1.54) is 18.4 Å². The van der Waals surface area contributed by atoms with E-state index >= 15 is 0 Å². The van der Waals surface area contributed by atoms with Crippen LogP contribution < -0.4 is 19.5 Å². The third-order valence-electron chi connectivity index (χ3n) is 4.81. The van der Waals surface area contributed by atoms with Gasteiger partial charge in [-0.15, -0.1) is 11.3 Å². The lowest BCUT2D eigenvalue weighted by Crippen LogP contribution is -2.13. The summed E-state index contributed by atoms with van der Waals surface area (Å²) in [7, 11) is 3.11. The first-order valence-electron chi connectivity index (χ1n) is 10.0. The van der Waals surface area contributed by atoms with Crippen molar-refractivity contribution in [2.75, 3.05) is 19.5 Å². The number of nitrogens with one attached hydrogen (secondary N) is 1. The van der Waals surface area contributed by atoms with Crippen LogP contribution in [-0.2, 0) is 6.61 Å². The highest BCUT2D eigenvalue weighted by Crippen LogP contribution is 2.30. The fourth-order valence-electron chi connectivity index (χ4n) is 3.04. The molecule has 168 valence electrons. The zero-order valence-electron chi connectivity index (χ0n) is 18.0. The number of nitrogens with zero attached hydrogens (tertiary/aromatic N) is 1. The maximum absolute atomic E-state index is 12.7. The second kappa shape index (κ2) is 10.4. The largest absolute Gasteiger partial charge is 0.497 e. The summed E-state index contributed by atoms with van der Waals surface area (Å²) in [5.41, 5.74) is 2.81. The van der Waals surface area contributed by atoms with Gasteiger partial charge in [0.2, 0.25) is 0 Å². The number of methoxy groups -OCH3 is 2. The number of hydrogen-bond acceptors (Lipinski definition) is 6. The van der Waals surface area contributed by atoms with E-state index in [4.69, 9.17) is 25.8 Å². The molecule has 8 heteroatoms. The number of carbonyl (C=O) groups excluding carboxylic acids is 1. The summed E-state index contributed by atoms with van der Waals surface area (Å²) >= 11 is 7.31. The predicted octanol–water partition coefficient (Wildman–Crippen LogP) is 6.31. The minimum absolute atomic E-state index is 0.316. The summed E-state index contributed by atoms with van der Waals surface area (Å²) in [4.78, 5) is 17.2. The van der Waals surface area contributed by atoms with Crippen LogP contribution in [0.5, 0.6) is 17.2 Å². The van der Waals surface area contributed by atoms with Crippen molar-refractivity contribution in [2.24, 2.45) is 0 Å². The second-order valence-corrected chi connectivity index (χ2v) is 8.29. The van der Waals surface area contributed by atoms with E-state index in [0.717, 1.165) is 21.9 Å². The maximum atomic E-state index is 12.7. The molecule has 6 nitrogen and oxygen atoms in total. The number of carbonyl (C=O) groups is 1. The Morgan fingerprint density at radius 1 is 0.970 bits per heavy atom. The Morgan fingerprint density at radius 3 is 2.39 bits per heavy atom. The highest BCUT2D eigenvalue weighted by Gasteiger charge is 2.15. The van der Waals surface area contributed by atoms with Gasteiger partial charge in [-0.05, 0) is 54.1 Å². The smallest absolute Gasteiger partial charge is 0.275 e. The molecule has 0 atom stereocenters. The number of thiazole rings is 1. The molecule has 3 aromatic carbocycles. The number of aromatic nitrogens is 1. The van der Waals surface area contributed by atoms with Gasteiger partial charge in [-0.2, -0.15) is 0 Å². The number of hydrogen-bond donors (Lipinski definition) is 1. The van der Waals surface area contributed by atoms with Crippen molar-refractivity contribution in [1.29, 1.82) is 0 Å². The van der Waals surface area contributed by atoms with Gasteiger partial charge < -0.3 is 19.5 Å². The normalized spacial score (nSPS) is 10.5. The summed E-state index contributed by atoms with van der Waals surface area (Å²) in [6.45, 7) is 0.451. The van der Waals surface area contributed by atoms with Crippen LogP contribution in [0.3, 0.4) is 0 Å². The van der Waals surface area contributed by atoms with Gasteiger partial charge in [0, 0.05) is 22.0 Å². The van der Waals surface area contributed by atoms with Crippen molar-refractivity contribution in [1.82, 2.24) is 4.98 Å². The van der Waals surface area contributed by atoms with Crippen molar-refractivity contribution in [3.05, 3.63) is 88.4 Å². The van der Waals surface area contributed by atoms with Gasteiger partial charge in [0.1, 0.15) is 34.6 Å². The van der Waals surface area contributed by atoms with Crippen molar-refractivity contribution in [3.63, 3.8) is 0 Å². The van der Waals surface area contributed by atoms with Gasteiger partial charge in [0.15, 0.2) is 0 Å². The molecule has 4 aromatic rings. The third-order valence-corrected chi connectivity index (χ3v) is 5.96. The summed E-state index contributed by atoms with van der Waals surface area (Å²) in [5.74, 6) is 1.58. The van der Waals surface area contributed by atoms with Crippen LogP contribution in [0.25, 0.3) is 10.6 Å². The Bertz CT molecular complexity index is 1240. The highest BCUT2D eigenvalue weighted by atomic mass is 35.5. The number of amides is 1. The molecule has 0 aliphatic heterocycles. The van der Waals surface area contributed by atoms with E-state index in [-0.39, 0.29) is 5.91 Å². The van der Waals surface area contributed by atoms with E-state index in [9.17, 15) is 4.79 Å². The molecular weight excluding hydrogens is 460 g/mol. The molecule has 4 rings (SSSR count). The van der Waals surface area contributed by atoms with Crippen LogP contribution in [0.4, 0.5) is 5.69 Å². The topological polar surface area (TPSA) is 69.7 Å². The Hall–Kier alpha value is -3.55. The summed E-state index contributed by atoms with van der Waals surface area (Å²) < 4.78 is 16.3. The van der Waals surface area contributed by atoms with E-state index in [1.807, 2.05) is 48.5 Å². The molecule has 0 saturated heterocycles. The average molecular weight is 481 g/mol. The molecule has 1 N–H and O–H groups in total. The first-order chi connectivity index (χ1) is 16.1. The zero-order valence-corrected chi connectivity index (χ0v) is 19.6. The highest BCUT2D eigenvalue weighted by molar-refractivity contribution is 7.13. The van der Waals surface area contributed by atoms with Gasteiger partial charge in [-0.3, -0.25) is 4.79 Å². The van der Waals surface area contributed by atoms with Gasteiger partial charge in [0.05, 0.1) is 19.9 Å². The molecule has 0 spiro atoms. The monoisotopic (exact) mass is 480 g/mol. The molecule has 0 bridgehead atoms. The van der Waals surface area contributed by atoms with Crippen molar-refractivity contribution in [2.45, 2.75) is 6.61 Å². The van der Waals surface area contributed by atoms with Crippen LogP contribution >= 0.6 is 22.9 Å². The molecule has 1 heterocycles. The van der Waals surface area contributed by atoms with Gasteiger partial charge in [0.25, 0.3) is 5.91 Å². The Kier molecular flexibility index (Phi) is 7.12. The van der Waals surface area contributed by atoms with Crippen molar-refractivity contribution < 1.29 is 19.0 Å². The molecular formula is C25H21ClN2O4S. The van der Waals surface area contributed by atoms with E-state index in [0.29, 0.717) is 34.5 Å². The predicted molar refractivity (Wildman–Crippen MR) is 131 cm³/mol. The summed E-state index contributed by atoms with van der Waals surface area (Å²) in [5, 5.41) is 6.00. The lowest BCUT2D eigenvalue weighted by atomic mass is 10.2. The van der Waals surface area contributed by atoms with Crippen LogP contribution in [0.15, 0.2) is 72.1 Å². The number of halogens is 1. The van der Waals surface area contributed by atoms with Crippen molar-refractivity contribution in [3.8, 4) is 27.8 Å². The molecule has 0 fully saturated rings. The summed E-state index contributed by atoms with van der Waals surface area (Å²) in [6, 6.07) is 20.3. The minimum Gasteiger partial charge on any atom is -0.497 e. The van der Waals surface area contributed by atoms with Gasteiger partial charge in [-0.1, -0.05) is 23.7 Å². The first-order valence-corrected chi connectivity index (χ1v) is 11.3. The molecule has 0 aliphatic rings. The van der Waals surface area contributed by atoms with Crippen LogP contribution in [0.1, 0.15) is 16.1 Å². The van der Waals surface area contributed by atoms with Gasteiger partial charge >= 0.3 is 0 Å². The molecule has 0 unspecified atom stereocenters. The molecule has 0 aliphatic carbocycles. The Labute approximate surface area is 200 Å². The van der Waals surface area contributed by atoms with Crippen LogP contribution in [0.2, 0.25) is 5.02 Å². The Balaban J connectivity index is 1.40. The lowest BCUT2D eigenvalue weighted by molar-refractivity contribution is 0.102. The molecule has 0 radical (unpaired) electrons. The fourth-order valence-corrected chi connectivity index (χ4v) is 3.97. The third kappa shape index (κ3) is 5.63. The molecule has 1 aromatic heterocycles. The minimum atomic E-state index is -0.316. The molecule has 33 heavy (non-hydrogen) atoms. The van der Waals surface area contributed by atoms with Gasteiger partial charge in [-0.25, -0.2) is 4.98 Å². The maximum Gasteiger partial charge on any atom is 0.275 e.